The van der Waals surface area contributed by atoms with Crippen LogP contribution in [-0.4, -0.2) is 74.6 Å². The van der Waals surface area contributed by atoms with Crippen molar-refractivity contribution in [2.24, 2.45) is 46.3 Å². The molecule has 0 amide bonds. The van der Waals surface area contributed by atoms with Crippen molar-refractivity contribution in [1.29, 1.82) is 0 Å². The Morgan fingerprint density at radius 1 is 0.773 bits per heavy atom. The minimum absolute atomic E-state index is 0.0431. The summed E-state index contributed by atoms with van der Waals surface area (Å²) in [5.74, 6) is 4.27. The van der Waals surface area contributed by atoms with Crippen LogP contribution in [-0.2, 0) is 28.5 Å². The number of fused-ring (bicyclic) bond motifs is 5. The largest absolute Gasteiger partial charge is 0.463 e. The zero-order chi connectivity index (χ0) is 47.2. The Kier molecular flexibility index (Phi) is 24.7. The maximum Gasteiger partial charge on any atom is 0.306 e. The van der Waals surface area contributed by atoms with Crippen LogP contribution < -0.4 is 0 Å². The van der Waals surface area contributed by atoms with Gasteiger partial charge < -0.3 is 18.9 Å². The van der Waals surface area contributed by atoms with E-state index in [9.17, 15) is 9.59 Å². The average molecular weight is 922 g/mol. The minimum Gasteiger partial charge on any atom is -0.463 e. The number of ether oxygens (including phenoxy) is 4. The Balaban J connectivity index is 0.922. The first-order valence-corrected chi connectivity index (χ1v) is 28.6. The topological polar surface area (TPSA) is 74.3 Å². The summed E-state index contributed by atoms with van der Waals surface area (Å²) in [6.45, 7) is 20.9. The van der Waals surface area contributed by atoms with Gasteiger partial charge in [0.2, 0.25) is 0 Å². The van der Waals surface area contributed by atoms with E-state index in [4.69, 9.17) is 18.9 Å². The number of likely N-dealkylation sites (tertiary alicyclic amines) is 1. The van der Waals surface area contributed by atoms with E-state index in [1.807, 2.05) is 0 Å². The number of carbonyl (C=O) groups is 2. The predicted molar refractivity (Wildman–Crippen MR) is 273 cm³/mol. The number of unbranched alkanes of at least 4 members (excludes halogenated alkanes) is 12. The molecule has 4 aliphatic carbocycles. The fourth-order valence-corrected chi connectivity index (χ4v) is 14.0. The van der Waals surface area contributed by atoms with Crippen LogP contribution in [0.15, 0.2) is 23.8 Å². The molecule has 1 heterocycles. The molecule has 0 radical (unpaired) electrons. The molecule has 7 heteroatoms. The van der Waals surface area contributed by atoms with E-state index in [0.29, 0.717) is 24.7 Å². The second-order valence-corrected chi connectivity index (χ2v) is 23.4. The molecule has 7 nitrogen and oxygen atoms in total. The summed E-state index contributed by atoms with van der Waals surface area (Å²) in [6, 6.07) is 0.557. The normalized spacial score (nSPS) is 29.7. The highest BCUT2D eigenvalue weighted by molar-refractivity contribution is 5.77. The van der Waals surface area contributed by atoms with Gasteiger partial charge in [-0.15, -0.1) is 0 Å². The number of allylic oxidation sites excluding steroid dienone is 3. The molecule has 1 aliphatic heterocycles. The van der Waals surface area contributed by atoms with Gasteiger partial charge in [0.05, 0.1) is 32.2 Å². The SMILES string of the molecule is CCCCCCCCC=CCCCCCCCCOCC(CN1CCCC1C)OCCOC(=O)CCC(=O)OC1CCC2(C)C(=CCC3C2CCC2(C)C(C(C)CCCC(C)C)CCC32)C1. The summed E-state index contributed by atoms with van der Waals surface area (Å²) < 4.78 is 24.0. The zero-order valence-corrected chi connectivity index (χ0v) is 44.1. The van der Waals surface area contributed by atoms with Gasteiger partial charge >= 0.3 is 11.9 Å². The lowest BCUT2D eigenvalue weighted by Gasteiger charge is -2.58. The molecule has 66 heavy (non-hydrogen) atoms. The Hall–Kier alpha value is -1.70. The Labute approximate surface area is 406 Å². The van der Waals surface area contributed by atoms with E-state index < -0.39 is 0 Å². The zero-order valence-electron chi connectivity index (χ0n) is 44.1. The third-order valence-corrected chi connectivity index (χ3v) is 18.0. The van der Waals surface area contributed by atoms with Gasteiger partial charge in [0.15, 0.2) is 0 Å². The van der Waals surface area contributed by atoms with Gasteiger partial charge in [-0.25, -0.2) is 0 Å². The van der Waals surface area contributed by atoms with Gasteiger partial charge in [0, 0.05) is 25.6 Å². The lowest BCUT2D eigenvalue weighted by Crippen LogP contribution is -2.51. The van der Waals surface area contributed by atoms with Crippen LogP contribution in [0.4, 0.5) is 0 Å². The van der Waals surface area contributed by atoms with Crippen molar-refractivity contribution in [3.8, 4) is 0 Å². The number of hydrogen-bond acceptors (Lipinski definition) is 7. The summed E-state index contributed by atoms with van der Waals surface area (Å²) in [6.07, 6.45) is 41.8. The lowest BCUT2D eigenvalue weighted by atomic mass is 9.47. The summed E-state index contributed by atoms with van der Waals surface area (Å²) in [7, 11) is 0. The minimum atomic E-state index is -0.364. The summed E-state index contributed by atoms with van der Waals surface area (Å²) >= 11 is 0. The van der Waals surface area contributed by atoms with Gasteiger partial charge in [0.1, 0.15) is 12.7 Å². The van der Waals surface area contributed by atoms with Crippen molar-refractivity contribution in [1.82, 2.24) is 4.90 Å². The van der Waals surface area contributed by atoms with E-state index in [1.165, 1.54) is 153 Å². The molecule has 1 saturated heterocycles. The van der Waals surface area contributed by atoms with E-state index in [1.54, 1.807) is 0 Å². The van der Waals surface area contributed by atoms with Gasteiger partial charge in [0.25, 0.3) is 0 Å². The monoisotopic (exact) mass is 922 g/mol. The van der Waals surface area contributed by atoms with Gasteiger partial charge in [-0.1, -0.05) is 142 Å². The molecule has 3 saturated carbocycles. The lowest BCUT2D eigenvalue weighted by molar-refractivity contribution is -0.156. The molecule has 380 valence electrons. The number of hydrogen-bond donors (Lipinski definition) is 0. The van der Waals surface area contributed by atoms with Crippen LogP contribution in [0.3, 0.4) is 0 Å². The van der Waals surface area contributed by atoms with Crippen molar-refractivity contribution < 1.29 is 28.5 Å². The van der Waals surface area contributed by atoms with Crippen LogP contribution in [0, 0.1) is 46.3 Å². The first-order chi connectivity index (χ1) is 31.9. The smallest absolute Gasteiger partial charge is 0.306 e. The highest BCUT2D eigenvalue weighted by Crippen LogP contribution is 2.67. The molecule has 0 N–H and O–H groups in total. The molecule has 10 atom stereocenters. The first kappa shape index (κ1) is 55.2. The summed E-state index contributed by atoms with van der Waals surface area (Å²) in [5.41, 5.74) is 2.25. The van der Waals surface area contributed by atoms with E-state index in [2.05, 4.69) is 71.6 Å². The third-order valence-electron chi connectivity index (χ3n) is 18.0. The van der Waals surface area contributed by atoms with Crippen LogP contribution in [0.5, 0.6) is 0 Å². The number of rotatable bonds is 33. The third kappa shape index (κ3) is 17.3. The molecule has 0 aromatic carbocycles. The van der Waals surface area contributed by atoms with Gasteiger partial charge in [-0.05, 0) is 150 Å². The summed E-state index contributed by atoms with van der Waals surface area (Å²) in [5, 5.41) is 0. The Morgan fingerprint density at radius 3 is 2.20 bits per heavy atom. The highest BCUT2D eigenvalue weighted by Gasteiger charge is 2.59. The van der Waals surface area contributed by atoms with Gasteiger partial charge in [-0.2, -0.15) is 0 Å². The standard InChI is InChI=1S/C59H103NO6/c1-8-9-10-11-12-13-14-15-16-17-18-19-20-21-22-23-40-63-45-51(44-60-39-25-28-48(60)5)64-41-42-65-56(61)33-34-57(62)66-50-35-37-58(6)49(43-50)29-30-52-54-32-31-53(47(4)27-24-26-46(2)3)59(54,7)38-36-55(52)58/h15-16,29,46-48,50-55H,8-14,17-28,30-45H2,1-7H3. The molecule has 5 rings (SSSR count). The van der Waals surface area contributed by atoms with E-state index in [0.717, 1.165) is 80.9 Å². The quantitative estimate of drug-likeness (QED) is 0.0369. The predicted octanol–water partition coefficient (Wildman–Crippen LogP) is 15.2. The van der Waals surface area contributed by atoms with Crippen LogP contribution in [0.2, 0.25) is 0 Å². The number of nitrogens with zero attached hydrogens (tertiary/aromatic N) is 1. The maximum absolute atomic E-state index is 13.0. The van der Waals surface area contributed by atoms with E-state index >= 15 is 0 Å². The van der Waals surface area contributed by atoms with Crippen molar-refractivity contribution in [2.75, 3.05) is 39.5 Å². The second kappa shape index (κ2) is 29.5. The molecule has 0 bridgehead atoms. The van der Waals surface area contributed by atoms with Crippen molar-refractivity contribution in [3.63, 3.8) is 0 Å². The van der Waals surface area contributed by atoms with E-state index in [-0.39, 0.29) is 49.0 Å². The van der Waals surface area contributed by atoms with Crippen molar-refractivity contribution >= 4 is 11.9 Å². The maximum atomic E-state index is 13.0. The van der Waals surface area contributed by atoms with Gasteiger partial charge in [-0.3, -0.25) is 14.5 Å². The molecule has 0 aromatic rings. The number of esters is 2. The molecule has 4 fully saturated rings. The van der Waals surface area contributed by atoms with Crippen LogP contribution in [0.1, 0.15) is 235 Å². The average Bonchev–Trinajstić information content (AvgIpc) is 3.87. The fourth-order valence-electron chi connectivity index (χ4n) is 14.0. The van der Waals surface area contributed by atoms with Crippen LogP contribution >= 0.6 is 0 Å². The molecular weight excluding hydrogens is 819 g/mol. The van der Waals surface area contributed by atoms with Crippen molar-refractivity contribution in [2.45, 2.75) is 253 Å². The molecule has 0 spiro atoms. The molecule has 5 aliphatic rings. The number of carbonyl (C=O) groups excluding carboxylic acids is 2. The molecule has 10 unspecified atom stereocenters. The Morgan fingerprint density at radius 2 is 1.48 bits per heavy atom. The van der Waals surface area contributed by atoms with Crippen LogP contribution in [0.25, 0.3) is 0 Å². The molecule has 0 aromatic heterocycles. The van der Waals surface area contributed by atoms with Crippen molar-refractivity contribution in [3.05, 3.63) is 23.8 Å². The second-order valence-electron chi connectivity index (χ2n) is 23.4. The molecular formula is C59H103NO6. The fraction of sp³-hybridized carbons (Fsp3) is 0.898. The highest BCUT2D eigenvalue weighted by atomic mass is 16.6. The first-order valence-electron chi connectivity index (χ1n) is 28.6. The Bertz CT molecular complexity index is 1440. The summed E-state index contributed by atoms with van der Waals surface area (Å²) in [4.78, 5) is 28.3.